The molecule has 144 valence electrons. The highest BCUT2D eigenvalue weighted by molar-refractivity contribution is 5.95. The van der Waals surface area contributed by atoms with Gasteiger partial charge in [-0.3, -0.25) is 4.79 Å². The maximum atomic E-state index is 12.2. The standard InChI is InChI=1S/C21H26N2O4/c1-3-12-27-20-11-6-5-10-19(20)23-21(24)16-22-17-8-7-9-18(15-17)26-14-13-25-4-2/h3,5-11,15,22H,1,4,12-14,16H2,2H3,(H,23,24). The number of hydrogen-bond acceptors (Lipinski definition) is 5. The lowest BCUT2D eigenvalue weighted by molar-refractivity contribution is -0.114. The third-order valence-electron chi connectivity index (χ3n) is 3.51. The molecule has 1 amide bonds. The summed E-state index contributed by atoms with van der Waals surface area (Å²) in [5.41, 5.74) is 1.43. The van der Waals surface area contributed by atoms with Gasteiger partial charge in [-0.15, -0.1) is 0 Å². The summed E-state index contributed by atoms with van der Waals surface area (Å²) < 4.78 is 16.4. The lowest BCUT2D eigenvalue weighted by Crippen LogP contribution is -2.22. The average molecular weight is 370 g/mol. The van der Waals surface area contributed by atoms with E-state index in [-0.39, 0.29) is 12.5 Å². The molecule has 0 aromatic heterocycles. The normalized spacial score (nSPS) is 10.1. The van der Waals surface area contributed by atoms with Crippen molar-refractivity contribution in [3.05, 3.63) is 61.2 Å². The van der Waals surface area contributed by atoms with Crippen LogP contribution in [-0.2, 0) is 9.53 Å². The number of carbonyl (C=O) groups excluding carboxylic acids is 1. The molecule has 6 nitrogen and oxygen atoms in total. The van der Waals surface area contributed by atoms with E-state index in [2.05, 4.69) is 17.2 Å². The van der Waals surface area contributed by atoms with Gasteiger partial charge in [0, 0.05) is 18.4 Å². The quantitative estimate of drug-likeness (QED) is 0.440. The number of hydrogen-bond donors (Lipinski definition) is 2. The molecule has 0 radical (unpaired) electrons. The van der Waals surface area contributed by atoms with Crippen molar-refractivity contribution in [3.63, 3.8) is 0 Å². The molecule has 27 heavy (non-hydrogen) atoms. The van der Waals surface area contributed by atoms with Crippen LogP contribution in [0.5, 0.6) is 11.5 Å². The molecule has 2 rings (SSSR count). The molecular weight excluding hydrogens is 344 g/mol. The molecule has 0 atom stereocenters. The topological polar surface area (TPSA) is 68.8 Å². The van der Waals surface area contributed by atoms with E-state index in [1.54, 1.807) is 18.2 Å². The van der Waals surface area contributed by atoms with Crippen molar-refractivity contribution in [1.82, 2.24) is 0 Å². The summed E-state index contributed by atoms with van der Waals surface area (Å²) in [6, 6.07) is 14.7. The Kier molecular flexibility index (Phi) is 8.73. The lowest BCUT2D eigenvalue weighted by Gasteiger charge is -2.12. The first-order chi connectivity index (χ1) is 13.2. The van der Waals surface area contributed by atoms with Crippen LogP contribution in [0.1, 0.15) is 6.92 Å². The molecule has 0 fully saturated rings. The summed E-state index contributed by atoms with van der Waals surface area (Å²) in [6.07, 6.45) is 1.66. The predicted molar refractivity (Wildman–Crippen MR) is 108 cm³/mol. The highest BCUT2D eigenvalue weighted by Gasteiger charge is 2.07. The molecule has 0 bridgehead atoms. The Hall–Kier alpha value is -2.99. The van der Waals surface area contributed by atoms with Crippen molar-refractivity contribution in [3.8, 4) is 11.5 Å². The minimum Gasteiger partial charge on any atom is -0.491 e. The summed E-state index contributed by atoms with van der Waals surface area (Å²) in [7, 11) is 0. The summed E-state index contributed by atoms with van der Waals surface area (Å²) in [4.78, 5) is 12.2. The Morgan fingerprint density at radius 2 is 1.96 bits per heavy atom. The number of ether oxygens (including phenoxy) is 3. The minimum absolute atomic E-state index is 0.123. The number of carbonyl (C=O) groups is 1. The highest BCUT2D eigenvalue weighted by atomic mass is 16.5. The van der Waals surface area contributed by atoms with E-state index in [0.717, 1.165) is 11.4 Å². The van der Waals surface area contributed by atoms with Crippen molar-refractivity contribution in [2.24, 2.45) is 0 Å². The zero-order valence-electron chi connectivity index (χ0n) is 15.6. The van der Waals surface area contributed by atoms with Crippen LogP contribution in [0.25, 0.3) is 0 Å². The van der Waals surface area contributed by atoms with Gasteiger partial charge in [-0.25, -0.2) is 0 Å². The second-order valence-electron chi connectivity index (χ2n) is 5.57. The largest absolute Gasteiger partial charge is 0.491 e. The summed E-state index contributed by atoms with van der Waals surface area (Å²) in [5.74, 6) is 1.16. The van der Waals surface area contributed by atoms with Crippen molar-refractivity contribution in [1.29, 1.82) is 0 Å². The van der Waals surface area contributed by atoms with E-state index in [1.807, 2.05) is 43.3 Å². The Balaban J connectivity index is 1.84. The van der Waals surface area contributed by atoms with Crippen molar-refractivity contribution in [2.75, 3.05) is 43.6 Å². The molecule has 0 spiro atoms. The molecule has 0 unspecified atom stereocenters. The molecule has 0 aliphatic heterocycles. The van der Waals surface area contributed by atoms with Crippen LogP contribution in [0.2, 0.25) is 0 Å². The second-order valence-corrected chi connectivity index (χ2v) is 5.57. The van der Waals surface area contributed by atoms with E-state index in [0.29, 0.717) is 37.9 Å². The van der Waals surface area contributed by atoms with Gasteiger partial charge in [-0.2, -0.15) is 0 Å². The van der Waals surface area contributed by atoms with Crippen molar-refractivity contribution < 1.29 is 19.0 Å². The fourth-order valence-corrected chi connectivity index (χ4v) is 2.28. The first-order valence-electron chi connectivity index (χ1n) is 8.90. The smallest absolute Gasteiger partial charge is 0.243 e. The van der Waals surface area contributed by atoms with Gasteiger partial charge in [-0.05, 0) is 31.2 Å². The maximum absolute atomic E-state index is 12.2. The Labute approximate surface area is 160 Å². The number of amides is 1. The molecule has 0 saturated carbocycles. The van der Waals surface area contributed by atoms with Crippen molar-refractivity contribution >= 4 is 17.3 Å². The van der Waals surface area contributed by atoms with Crippen LogP contribution in [0.4, 0.5) is 11.4 Å². The van der Waals surface area contributed by atoms with Crippen LogP contribution in [-0.4, -0.2) is 38.9 Å². The third-order valence-corrected chi connectivity index (χ3v) is 3.51. The number of benzene rings is 2. The zero-order valence-corrected chi connectivity index (χ0v) is 15.6. The van der Waals surface area contributed by atoms with Crippen molar-refractivity contribution in [2.45, 2.75) is 6.92 Å². The predicted octanol–water partition coefficient (Wildman–Crippen LogP) is 3.72. The molecule has 0 saturated heterocycles. The molecule has 2 N–H and O–H groups in total. The van der Waals surface area contributed by atoms with Gasteiger partial charge in [0.2, 0.25) is 5.91 Å². The average Bonchev–Trinajstić information content (AvgIpc) is 2.69. The summed E-state index contributed by atoms with van der Waals surface area (Å²) in [5, 5.41) is 5.93. The van der Waals surface area contributed by atoms with Gasteiger partial charge in [0.05, 0.1) is 18.8 Å². The molecule has 6 heteroatoms. The molecule has 2 aromatic rings. The second kappa shape index (κ2) is 11.6. The first kappa shape index (κ1) is 20.3. The van der Waals surface area contributed by atoms with Crippen LogP contribution in [0, 0.1) is 0 Å². The van der Waals surface area contributed by atoms with Crippen LogP contribution >= 0.6 is 0 Å². The van der Waals surface area contributed by atoms with E-state index in [4.69, 9.17) is 14.2 Å². The highest BCUT2D eigenvalue weighted by Crippen LogP contribution is 2.23. The lowest BCUT2D eigenvalue weighted by atomic mass is 10.3. The number of rotatable bonds is 12. The van der Waals surface area contributed by atoms with E-state index >= 15 is 0 Å². The number of para-hydroxylation sites is 2. The molecule has 2 aromatic carbocycles. The van der Waals surface area contributed by atoms with Gasteiger partial charge in [-0.1, -0.05) is 30.9 Å². The SMILES string of the molecule is C=CCOc1ccccc1NC(=O)CNc1cccc(OCCOCC)c1. The van der Waals surface area contributed by atoms with Gasteiger partial charge < -0.3 is 24.8 Å². The summed E-state index contributed by atoms with van der Waals surface area (Å²) >= 11 is 0. The van der Waals surface area contributed by atoms with E-state index in [9.17, 15) is 4.79 Å². The van der Waals surface area contributed by atoms with Crippen LogP contribution < -0.4 is 20.1 Å². The third kappa shape index (κ3) is 7.42. The first-order valence-corrected chi connectivity index (χ1v) is 8.90. The fraction of sp³-hybridized carbons (Fsp3) is 0.286. The van der Waals surface area contributed by atoms with Gasteiger partial charge in [0.15, 0.2) is 0 Å². The molecule has 0 aliphatic carbocycles. The Bertz CT molecular complexity index is 734. The monoisotopic (exact) mass is 370 g/mol. The zero-order chi connectivity index (χ0) is 19.3. The maximum Gasteiger partial charge on any atom is 0.243 e. The van der Waals surface area contributed by atoms with E-state index in [1.165, 1.54) is 0 Å². The number of nitrogens with one attached hydrogen (secondary N) is 2. The fourth-order valence-electron chi connectivity index (χ4n) is 2.28. The van der Waals surface area contributed by atoms with Gasteiger partial charge in [0.1, 0.15) is 24.7 Å². The van der Waals surface area contributed by atoms with Crippen LogP contribution in [0.15, 0.2) is 61.2 Å². The summed E-state index contributed by atoms with van der Waals surface area (Å²) in [6.45, 7) is 7.77. The van der Waals surface area contributed by atoms with Gasteiger partial charge >= 0.3 is 0 Å². The van der Waals surface area contributed by atoms with Crippen LogP contribution in [0.3, 0.4) is 0 Å². The number of anilines is 2. The minimum atomic E-state index is -0.174. The molecule has 0 aliphatic rings. The van der Waals surface area contributed by atoms with E-state index < -0.39 is 0 Å². The Morgan fingerprint density at radius 3 is 2.78 bits per heavy atom. The molecule has 0 heterocycles. The Morgan fingerprint density at radius 1 is 1.11 bits per heavy atom. The molecular formula is C21H26N2O4. The van der Waals surface area contributed by atoms with Gasteiger partial charge in [0.25, 0.3) is 0 Å².